The molecule has 2 amide bonds. The third-order valence-corrected chi connectivity index (χ3v) is 5.29. The van der Waals surface area contributed by atoms with Crippen LogP contribution < -0.4 is 14.8 Å². The summed E-state index contributed by atoms with van der Waals surface area (Å²) < 4.78 is 10.7. The average Bonchev–Trinajstić information content (AvgIpc) is 3.33. The number of carbonyl (C=O) groups is 2. The molecular formula is C21H26N2O4. The maximum Gasteiger partial charge on any atom is 0.251 e. The van der Waals surface area contributed by atoms with Crippen molar-refractivity contribution in [2.75, 3.05) is 26.8 Å². The zero-order valence-electron chi connectivity index (χ0n) is 15.7. The van der Waals surface area contributed by atoms with Crippen LogP contribution in [0, 0.1) is 18.3 Å². The fourth-order valence-electron chi connectivity index (χ4n) is 3.90. The highest BCUT2D eigenvalue weighted by atomic mass is 16.5. The van der Waals surface area contributed by atoms with Crippen molar-refractivity contribution in [1.82, 2.24) is 10.2 Å². The molecule has 1 N–H and O–H groups in total. The fraction of sp³-hybridized carbons (Fsp3) is 0.524. The normalized spacial score (nSPS) is 19.8. The van der Waals surface area contributed by atoms with Crippen LogP contribution in [0.1, 0.15) is 42.5 Å². The van der Waals surface area contributed by atoms with Gasteiger partial charge in [-0.05, 0) is 31.0 Å². The number of benzene rings is 1. The molecular weight excluding hydrogens is 344 g/mol. The molecule has 2 fully saturated rings. The second-order valence-electron chi connectivity index (χ2n) is 7.12. The van der Waals surface area contributed by atoms with E-state index in [1.54, 1.807) is 18.2 Å². The number of amides is 2. The van der Waals surface area contributed by atoms with E-state index in [0.29, 0.717) is 36.1 Å². The molecule has 1 aliphatic carbocycles. The van der Waals surface area contributed by atoms with Crippen molar-refractivity contribution in [3.05, 3.63) is 23.8 Å². The summed E-state index contributed by atoms with van der Waals surface area (Å²) in [5, 5.41) is 2.94. The minimum absolute atomic E-state index is 0.0998. The van der Waals surface area contributed by atoms with Gasteiger partial charge in [0.1, 0.15) is 6.61 Å². The number of hydrogen-bond donors (Lipinski definition) is 1. The molecule has 0 aromatic heterocycles. The van der Waals surface area contributed by atoms with Crippen LogP contribution in [-0.2, 0) is 4.79 Å². The van der Waals surface area contributed by atoms with E-state index in [2.05, 4.69) is 11.2 Å². The van der Waals surface area contributed by atoms with Gasteiger partial charge < -0.3 is 19.7 Å². The fourth-order valence-corrected chi connectivity index (χ4v) is 3.90. The monoisotopic (exact) mass is 370 g/mol. The number of ether oxygens (including phenoxy) is 2. The van der Waals surface area contributed by atoms with E-state index >= 15 is 0 Å². The molecule has 27 heavy (non-hydrogen) atoms. The Hall–Kier alpha value is -2.68. The van der Waals surface area contributed by atoms with E-state index in [-0.39, 0.29) is 24.3 Å². The lowest BCUT2D eigenvalue weighted by molar-refractivity contribution is -0.129. The highest BCUT2D eigenvalue weighted by molar-refractivity contribution is 5.95. The summed E-state index contributed by atoms with van der Waals surface area (Å²) in [5.41, 5.74) is 0.472. The first-order valence-electron chi connectivity index (χ1n) is 9.44. The lowest BCUT2D eigenvalue weighted by Crippen LogP contribution is -2.36. The van der Waals surface area contributed by atoms with Crippen molar-refractivity contribution in [2.45, 2.75) is 38.1 Å². The zero-order valence-corrected chi connectivity index (χ0v) is 15.7. The van der Waals surface area contributed by atoms with E-state index in [1.165, 1.54) is 20.0 Å². The van der Waals surface area contributed by atoms with Gasteiger partial charge in [0.05, 0.1) is 7.11 Å². The maximum atomic E-state index is 12.5. The van der Waals surface area contributed by atoms with E-state index in [1.807, 2.05) is 4.90 Å². The van der Waals surface area contributed by atoms with E-state index in [0.717, 1.165) is 19.4 Å². The first kappa shape index (κ1) is 19.1. The Balaban J connectivity index is 1.56. The first-order chi connectivity index (χ1) is 13.1. The third-order valence-electron chi connectivity index (χ3n) is 5.29. The third kappa shape index (κ3) is 4.54. The molecule has 1 saturated heterocycles. The number of rotatable bonds is 7. The van der Waals surface area contributed by atoms with Gasteiger partial charge in [0, 0.05) is 37.0 Å². The van der Waals surface area contributed by atoms with E-state index < -0.39 is 0 Å². The molecule has 6 heteroatoms. The summed E-state index contributed by atoms with van der Waals surface area (Å²) in [6.07, 6.45) is 10.4. The van der Waals surface area contributed by atoms with Gasteiger partial charge >= 0.3 is 0 Å². The predicted octanol–water partition coefficient (Wildman–Crippen LogP) is 2.23. The van der Waals surface area contributed by atoms with E-state index in [9.17, 15) is 9.59 Å². The van der Waals surface area contributed by atoms with Crippen molar-refractivity contribution in [3.8, 4) is 23.8 Å². The van der Waals surface area contributed by atoms with E-state index in [4.69, 9.17) is 15.9 Å². The van der Waals surface area contributed by atoms with Crippen LogP contribution in [0.2, 0.25) is 0 Å². The minimum atomic E-state index is -0.199. The van der Waals surface area contributed by atoms with Crippen LogP contribution in [-0.4, -0.2) is 49.6 Å². The second-order valence-corrected chi connectivity index (χ2v) is 7.12. The molecule has 1 aromatic carbocycles. The summed E-state index contributed by atoms with van der Waals surface area (Å²) in [6, 6.07) is 5.38. The van der Waals surface area contributed by atoms with Gasteiger partial charge in [-0.3, -0.25) is 9.59 Å². The Morgan fingerprint density at radius 3 is 2.81 bits per heavy atom. The average molecular weight is 370 g/mol. The van der Waals surface area contributed by atoms with Gasteiger partial charge in [-0.25, -0.2) is 0 Å². The Morgan fingerprint density at radius 2 is 2.11 bits per heavy atom. The standard InChI is InChI=1S/C21H26N2O4/c1-3-10-27-19-12-16(8-9-18(19)26-2)21(25)22-13-15-11-20(24)23(14-15)17-6-4-5-7-17/h1,8-9,12,15,17H,4-7,10-11,13-14H2,2H3,(H,22,25). The molecule has 0 bridgehead atoms. The first-order valence-corrected chi connectivity index (χ1v) is 9.44. The van der Waals surface area contributed by atoms with Crippen LogP contribution in [0.15, 0.2) is 18.2 Å². The Bertz CT molecular complexity index is 734. The summed E-state index contributed by atoms with van der Waals surface area (Å²) in [6.45, 7) is 1.33. The molecule has 1 aliphatic heterocycles. The molecule has 3 rings (SSSR count). The molecule has 1 unspecified atom stereocenters. The molecule has 2 aliphatic rings. The topological polar surface area (TPSA) is 67.9 Å². The maximum absolute atomic E-state index is 12.5. The Morgan fingerprint density at radius 1 is 1.33 bits per heavy atom. The predicted molar refractivity (Wildman–Crippen MR) is 102 cm³/mol. The van der Waals surface area contributed by atoms with Crippen LogP contribution in [0.25, 0.3) is 0 Å². The SMILES string of the molecule is C#CCOc1cc(C(=O)NCC2CC(=O)N(C3CCCC3)C2)ccc1OC. The molecule has 1 saturated carbocycles. The van der Waals surface area contributed by atoms with Crippen molar-refractivity contribution in [3.63, 3.8) is 0 Å². The van der Waals surface area contributed by atoms with Crippen LogP contribution in [0.4, 0.5) is 0 Å². The minimum Gasteiger partial charge on any atom is -0.493 e. The highest BCUT2D eigenvalue weighted by Gasteiger charge is 2.35. The van der Waals surface area contributed by atoms with Crippen LogP contribution in [0.5, 0.6) is 11.5 Å². The van der Waals surface area contributed by atoms with Gasteiger partial charge in [0.2, 0.25) is 5.91 Å². The quantitative estimate of drug-likeness (QED) is 0.748. The number of likely N-dealkylation sites (tertiary alicyclic amines) is 1. The number of carbonyl (C=O) groups excluding carboxylic acids is 2. The molecule has 0 spiro atoms. The Labute approximate surface area is 160 Å². The highest BCUT2D eigenvalue weighted by Crippen LogP contribution is 2.30. The smallest absolute Gasteiger partial charge is 0.251 e. The molecule has 0 radical (unpaired) electrons. The summed E-state index contributed by atoms with van der Waals surface area (Å²) in [7, 11) is 1.53. The molecule has 6 nitrogen and oxygen atoms in total. The molecule has 1 heterocycles. The van der Waals surface area contributed by atoms with Crippen molar-refractivity contribution in [2.24, 2.45) is 5.92 Å². The Kier molecular flexibility index (Phi) is 6.23. The molecule has 1 atom stereocenters. The zero-order chi connectivity index (χ0) is 19.2. The largest absolute Gasteiger partial charge is 0.493 e. The number of methoxy groups -OCH3 is 1. The van der Waals surface area contributed by atoms with Crippen molar-refractivity contribution >= 4 is 11.8 Å². The summed E-state index contributed by atoms with van der Waals surface area (Å²) in [4.78, 5) is 26.8. The number of terminal acetylenes is 1. The number of nitrogens with one attached hydrogen (secondary N) is 1. The van der Waals surface area contributed by atoms with Gasteiger partial charge in [-0.2, -0.15) is 0 Å². The lowest BCUT2D eigenvalue weighted by Gasteiger charge is -2.24. The summed E-state index contributed by atoms with van der Waals surface area (Å²) in [5.74, 6) is 3.54. The van der Waals surface area contributed by atoms with Gasteiger partial charge in [-0.15, -0.1) is 6.42 Å². The van der Waals surface area contributed by atoms with Crippen molar-refractivity contribution in [1.29, 1.82) is 0 Å². The van der Waals surface area contributed by atoms with Crippen LogP contribution in [0.3, 0.4) is 0 Å². The van der Waals surface area contributed by atoms with Gasteiger partial charge in [0.15, 0.2) is 11.5 Å². The molecule has 1 aromatic rings. The summed E-state index contributed by atoms with van der Waals surface area (Å²) >= 11 is 0. The lowest BCUT2D eigenvalue weighted by atomic mass is 10.1. The number of hydrogen-bond acceptors (Lipinski definition) is 4. The second kappa shape index (κ2) is 8.81. The van der Waals surface area contributed by atoms with Crippen molar-refractivity contribution < 1.29 is 19.1 Å². The van der Waals surface area contributed by atoms with Gasteiger partial charge in [0.25, 0.3) is 5.91 Å². The van der Waals surface area contributed by atoms with Gasteiger partial charge in [-0.1, -0.05) is 18.8 Å². The molecule has 144 valence electrons. The van der Waals surface area contributed by atoms with Crippen LogP contribution >= 0.6 is 0 Å². The number of nitrogens with zero attached hydrogens (tertiary/aromatic N) is 1.